The second kappa shape index (κ2) is 8.60. The van der Waals surface area contributed by atoms with Crippen LogP contribution in [0.4, 0.5) is 14.1 Å². The van der Waals surface area contributed by atoms with Gasteiger partial charge in [-0.25, -0.2) is 13.3 Å². The average molecular weight is 480 g/mol. The molecule has 5 rings (SSSR count). The zero-order valence-corrected chi connectivity index (χ0v) is 18.9. The summed E-state index contributed by atoms with van der Waals surface area (Å²) < 4.78 is 52.5. The molecule has 0 aliphatic carbocycles. The normalized spacial score (nSPS) is 24.3. The van der Waals surface area contributed by atoms with E-state index in [0.717, 1.165) is 3.97 Å². The summed E-state index contributed by atoms with van der Waals surface area (Å²) in [4.78, 5) is 10.6. The van der Waals surface area contributed by atoms with Crippen LogP contribution in [0.15, 0.2) is 24.3 Å². The maximum absolute atomic E-state index is 15.1. The van der Waals surface area contributed by atoms with Gasteiger partial charge in [0.05, 0.1) is 36.9 Å². The van der Waals surface area contributed by atoms with Crippen LogP contribution in [0, 0.1) is 5.82 Å². The highest BCUT2D eigenvalue weighted by atomic mass is 32.2. The lowest BCUT2D eigenvalue weighted by Crippen LogP contribution is -2.34. The molecule has 3 aromatic heterocycles. The van der Waals surface area contributed by atoms with Crippen molar-refractivity contribution in [3.05, 3.63) is 30.1 Å². The minimum atomic E-state index is -0.731. The first-order chi connectivity index (χ1) is 15.9. The maximum atomic E-state index is 15.1. The smallest absolute Gasteiger partial charge is 0.224 e. The summed E-state index contributed by atoms with van der Waals surface area (Å²) >= 11 is -0.125. The number of pyridine rings is 2. The van der Waals surface area contributed by atoms with Gasteiger partial charge < -0.3 is 29.0 Å². The van der Waals surface area contributed by atoms with E-state index in [2.05, 4.69) is 9.97 Å². The molecule has 0 spiro atoms. The largest absolute Gasteiger partial charge is 0.480 e. The molecule has 0 radical (unpaired) electrons. The third kappa shape index (κ3) is 3.76. The van der Waals surface area contributed by atoms with Gasteiger partial charge in [0.1, 0.15) is 29.8 Å². The second-order valence-corrected chi connectivity index (χ2v) is 8.51. The topological polar surface area (TPSA) is 91.1 Å². The number of aliphatic hydroxyl groups is 1. The monoisotopic (exact) mass is 480 g/mol. The van der Waals surface area contributed by atoms with Crippen molar-refractivity contribution in [2.24, 2.45) is 0 Å². The number of anilines is 1. The van der Waals surface area contributed by atoms with E-state index < -0.39 is 30.2 Å². The molecule has 3 aromatic rings. The van der Waals surface area contributed by atoms with Gasteiger partial charge >= 0.3 is 0 Å². The van der Waals surface area contributed by atoms with E-state index in [-0.39, 0.29) is 48.5 Å². The molecule has 5 heterocycles. The molecule has 0 aromatic carbocycles. The molecule has 2 saturated heterocycles. The van der Waals surface area contributed by atoms with E-state index in [9.17, 15) is 8.99 Å². The fraction of sp³-hybridized carbons (Fsp3) is 0.429. The molecule has 2 aliphatic heterocycles. The summed E-state index contributed by atoms with van der Waals surface area (Å²) in [6.45, 7) is 0.327. The number of aliphatic hydroxyl groups excluding tert-OH is 1. The van der Waals surface area contributed by atoms with Crippen LogP contribution in [0.5, 0.6) is 11.8 Å². The Morgan fingerprint density at radius 2 is 1.97 bits per heavy atom. The minimum absolute atomic E-state index is 0.0243. The lowest BCUT2D eigenvalue weighted by molar-refractivity contribution is 0.00776. The van der Waals surface area contributed by atoms with E-state index in [0.29, 0.717) is 16.9 Å². The number of aromatic nitrogens is 3. The summed E-state index contributed by atoms with van der Waals surface area (Å²) in [6.07, 6.45) is -2.24. The van der Waals surface area contributed by atoms with Gasteiger partial charge in [0, 0.05) is 26.2 Å². The summed E-state index contributed by atoms with van der Waals surface area (Å²) in [5.41, 5.74) is 0.925. The van der Waals surface area contributed by atoms with Crippen LogP contribution in [-0.4, -0.2) is 77.9 Å². The molecule has 1 unspecified atom stereocenters. The predicted octanol–water partition coefficient (Wildman–Crippen LogP) is 2.60. The number of hydrogen-bond acceptors (Lipinski definition) is 9. The molecule has 9 nitrogen and oxygen atoms in total. The van der Waals surface area contributed by atoms with Crippen molar-refractivity contribution in [1.82, 2.24) is 13.9 Å². The molecule has 0 amide bonds. The Labute approximate surface area is 192 Å². The van der Waals surface area contributed by atoms with Crippen LogP contribution in [0.2, 0.25) is 0 Å². The van der Waals surface area contributed by atoms with Crippen LogP contribution in [-0.2, 0) is 9.47 Å². The van der Waals surface area contributed by atoms with Gasteiger partial charge in [0.2, 0.25) is 11.8 Å². The summed E-state index contributed by atoms with van der Waals surface area (Å²) in [7, 11) is 5.11. The predicted molar refractivity (Wildman–Crippen MR) is 118 cm³/mol. The number of halogens is 2. The summed E-state index contributed by atoms with van der Waals surface area (Å²) in [6, 6.07) is 6.13. The molecule has 33 heavy (non-hydrogen) atoms. The SMILES string of the molecule is COc1nc(N(C)C)ccc1-c1nc2cc(O[C@@H]3COC4[C@H](O)CO[C@@H]43)n(SF)c2cc1F. The Bertz CT molecular complexity index is 1190. The highest BCUT2D eigenvalue weighted by Gasteiger charge is 2.48. The Morgan fingerprint density at radius 1 is 1.18 bits per heavy atom. The van der Waals surface area contributed by atoms with Crippen molar-refractivity contribution in [2.75, 3.05) is 39.3 Å². The van der Waals surface area contributed by atoms with Gasteiger partial charge in [-0.15, -0.1) is 3.89 Å². The van der Waals surface area contributed by atoms with Gasteiger partial charge in [-0.3, -0.25) is 0 Å². The fourth-order valence-electron chi connectivity index (χ4n) is 4.11. The van der Waals surface area contributed by atoms with Gasteiger partial charge in [-0.05, 0) is 12.1 Å². The van der Waals surface area contributed by atoms with Crippen molar-refractivity contribution in [1.29, 1.82) is 0 Å². The van der Waals surface area contributed by atoms with Crippen molar-refractivity contribution >= 4 is 29.2 Å². The molecule has 0 bridgehead atoms. The second-order valence-electron chi connectivity index (χ2n) is 8.01. The number of ether oxygens (including phenoxy) is 4. The van der Waals surface area contributed by atoms with E-state index in [4.69, 9.17) is 18.9 Å². The summed E-state index contributed by atoms with van der Waals surface area (Å²) in [5, 5.41) is 9.91. The lowest BCUT2D eigenvalue weighted by Gasteiger charge is -2.17. The number of methoxy groups -OCH3 is 1. The van der Waals surface area contributed by atoms with E-state index in [1.807, 2.05) is 14.1 Å². The van der Waals surface area contributed by atoms with Crippen LogP contribution in [0.3, 0.4) is 0 Å². The Kier molecular flexibility index (Phi) is 5.77. The average Bonchev–Trinajstić information content (AvgIpc) is 3.47. The first-order valence-electron chi connectivity index (χ1n) is 10.2. The molecule has 2 aliphatic rings. The molecule has 176 valence electrons. The Balaban J connectivity index is 1.52. The van der Waals surface area contributed by atoms with Crippen molar-refractivity contribution in [3.8, 4) is 23.0 Å². The first kappa shape index (κ1) is 22.1. The molecular formula is C21H22F2N4O5S. The van der Waals surface area contributed by atoms with Gasteiger partial charge in [0.25, 0.3) is 0 Å². The van der Waals surface area contributed by atoms with Crippen LogP contribution >= 0.6 is 12.3 Å². The Morgan fingerprint density at radius 3 is 2.70 bits per heavy atom. The quantitative estimate of drug-likeness (QED) is 0.572. The van der Waals surface area contributed by atoms with Crippen LogP contribution in [0.1, 0.15) is 0 Å². The van der Waals surface area contributed by atoms with Gasteiger partial charge in [0.15, 0.2) is 24.3 Å². The van der Waals surface area contributed by atoms with Crippen LogP contribution < -0.4 is 14.4 Å². The Hall–Kier alpha value is -2.67. The molecule has 12 heteroatoms. The molecule has 4 atom stereocenters. The highest BCUT2D eigenvalue weighted by Crippen LogP contribution is 2.38. The molecule has 0 saturated carbocycles. The standard InChI is InChI=1S/C21H22F2N4O5S/c1-26(2)16-5-4-10(21(25-16)29-3)18-11(22)6-13-12(24-18)7-17(27(13)33-23)32-15-9-31-19-14(28)8-30-20(15)19/h4-7,14-15,19-20,28H,8-9H2,1-3H3/t14-,15-,19?,20-/m1/s1. The van der Waals surface area contributed by atoms with Gasteiger partial charge in [-0.1, -0.05) is 0 Å². The van der Waals surface area contributed by atoms with Gasteiger partial charge in [-0.2, -0.15) is 4.98 Å². The third-order valence-corrected chi connectivity index (χ3v) is 6.25. The number of hydrogen-bond donors (Lipinski definition) is 1. The summed E-state index contributed by atoms with van der Waals surface area (Å²) in [5.74, 6) is 0.332. The first-order valence-corrected chi connectivity index (χ1v) is 10.9. The van der Waals surface area contributed by atoms with E-state index in [1.165, 1.54) is 19.2 Å². The maximum Gasteiger partial charge on any atom is 0.224 e. The molecular weight excluding hydrogens is 458 g/mol. The van der Waals surface area contributed by atoms with Crippen LogP contribution in [0.25, 0.3) is 22.3 Å². The molecule has 2 fully saturated rings. The number of nitrogens with zero attached hydrogens (tertiary/aromatic N) is 4. The van der Waals surface area contributed by atoms with Crippen molar-refractivity contribution in [3.63, 3.8) is 0 Å². The lowest BCUT2D eigenvalue weighted by atomic mass is 10.1. The van der Waals surface area contributed by atoms with E-state index >= 15 is 4.39 Å². The zero-order valence-electron chi connectivity index (χ0n) is 18.1. The van der Waals surface area contributed by atoms with Crippen molar-refractivity contribution < 1.29 is 32.3 Å². The number of rotatable bonds is 6. The minimum Gasteiger partial charge on any atom is -0.480 e. The fourth-order valence-corrected chi connectivity index (χ4v) is 4.50. The number of fused-ring (bicyclic) bond motifs is 2. The van der Waals surface area contributed by atoms with E-state index in [1.54, 1.807) is 17.0 Å². The third-order valence-electron chi connectivity index (χ3n) is 5.74. The van der Waals surface area contributed by atoms with Crippen molar-refractivity contribution in [2.45, 2.75) is 24.4 Å². The zero-order chi connectivity index (χ0) is 23.3. The highest BCUT2D eigenvalue weighted by molar-refractivity contribution is 7.93. The molecule has 1 N–H and O–H groups in total.